The molecule has 3 rings (SSSR count). The van der Waals surface area contributed by atoms with Gasteiger partial charge in [-0.25, -0.2) is 0 Å². The van der Waals surface area contributed by atoms with Gasteiger partial charge in [0, 0.05) is 12.1 Å². The largest absolute Gasteiger partial charge is 0.457 e. The fourth-order valence-electron chi connectivity index (χ4n) is 2.56. The maximum atomic E-state index is 12.3. The van der Waals surface area contributed by atoms with Crippen molar-refractivity contribution in [1.29, 1.82) is 0 Å². The van der Waals surface area contributed by atoms with E-state index < -0.39 is 18.0 Å². The number of esters is 1. The molecule has 6 nitrogen and oxygen atoms in total. The first-order valence-corrected chi connectivity index (χ1v) is 10.3. The minimum Gasteiger partial charge on any atom is -0.457 e. The van der Waals surface area contributed by atoms with E-state index in [-0.39, 0.29) is 18.6 Å². The average Bonchev–Trinajstić information content (AvgIpc) is 3.29. The molecule has 0 radical (unpaired) electrons. The third kappa shape index (κ3) is 6.28. The fourth-order valence-corrected chi connectivity index (χ4v) is 3.25. The Morgan fingerprint density at radius 2 is 1.60 bits per heavy atom. The number of amides is 1. The van der Waals surface area contributed by atoms with E-state index in [0.29, 0.717) is 22.1 Å². The van der Waals surface area contributed by atoms with Crippen LogP contribution in [0.2, 0.25) is 0 Å². The first-order valence-electron chi connectivity index (χ1n) is 9.41. The number of nitrogens with one attached hydrogen (secondary N) is 1. The van der Waals surface area contributed by atoms with Gasteiger partial charge in [-0.2, -0.15) is 0 Å². The zero-order valence-electron chi connectivity index (χ0n) is 16.4. The van der Waals surface area contributed by atoms with E-state index in [1.54, 1.807) is 41.8 Å². The highest BCUT2D eigenvalue weighted by Gasteiger charge is 2.19. The number of rotatable bonds is 9. The van der Waals surface area contributed by atoms with Crippen LogP contribution in [-0.2, 0) is 14.3 Å². The number of benzene rings is 2. The average molecular weight is 423 g/mol. The maximum Gasteiger partial charge on any atom is 0.307 e. The van der Waals surface area contributed by atoms with Gasteiger partial charge in [0.1, 0.15) is 11.5 Å². The van der Waals surface area contributed by atoms with Crippen molar-refractivity contribution in [2.45, 2.75) is 25.9 Å². The highest BCUT2D eigenvalue weighted by molar-refractivity contribution is 7.12. The monoisotopic (exact) mass is 423 g/mol. The van der Waals surface area contributed by atoms with Gasteiger partial charge in [0.15, 0.2) is 11.9 Å². The summed E-state index contributed by atoms with van der Waals surface area (Å²) in [6, 6.07) is 19.7. The van der Waals surface area contributed by atoms with Crippen LogP contribution < -0.4 is 10.1 Å². The second-order valence-corrected chi connectivity index (χ2v) is 7.41. The van der Waals surface area contributed by atoms with Crippen LogP contribution >= 0.6 is 11.3 Å². The molecule has 3 aromatic rings. The first kappa shape index (κ1) is 21.3. The van der Waals surface area contributed by atoms with E-state index >= 15 is 0 Å². The number of hydrogen-bond donors (Lipinski definition) is 1. The number of hydrogen-bond acceptors (Lipinski definition) is 6. The molecule has 154 valence electrons. The Morgan fingerprint density at radius 3 is 2.27 bits per heavy atom. The Labute approximate surface area is 178 Å². The summed E-state index contributed by atoms with van der Waals surface area (Å²) >= 11 is 1.33. The lowest BCUT2D eigenvalue weighted by Gasteiger charge is -2.14. The highest BCUT2D eigenvalue weighted by atomic mass is 32.1. The third-order valence-corrected chi connectivity index (χ3v) is 5.04. The second-order valence-electron chi connectivity index (χ2n) is 6.46. The molecule has 0 aliphatic carbocycles. The van der Waals surface area contributed by atoms with Crippen molar-refractivity contribution in [2.24, 2.45) is 0 Å². The number of ketones is 1. The molecule has 1 atom stereocenters. The summed E-state index contributed by atoms with van der Waals surface area (Å²) in [6.07, 6.45) is -0.995. The van der Waals surface area contributed by atoms with Crippen LogP contribution in [0.3, 0.4) is 0 Å². The Kier molecular flexibility index (Phi) is 7.34. The number of thiophene rings is 1. The molecular weight excluding hydrogens is 402 g/mol. The van der Waals surface area contributed by atoms with Gasteiger partial charge in [-0.05, 0) is 54.8 Å². The normalized spacial score (nSPS) is 11.4. The minimum atomic E-state index is -0.977. The van der Waals surface area contributed by atoms with Crippen LogP contribution in [0.4, 0.5) is 5.69 Å². The van der Waals surface area contributed by atoms with E-state index in [9.17, 15) is 14.4 Å². The smallest absolute Gasteiger partial charge is 0.307 e. The van der Waals surface area contributed by atoms with Gasteiger partial charge in [0.25, 0.3) is 5.91 Å². The van der Waals surface area contributed by atoms with Gasteiger partial charge < -0.3 is 14.8 Å². The summed E-state index contributed by atoms with van der Waals surface area (Å²) in [5.41, 5.74) is 0.552. The first-order chi connectivity index (χ1) is 14.5. The summed E-state index contributed by atoms with van der Waals surface area (Å²) in [7, 11) is 0. The lowest BCUT2D eigenvalue weighted by atomic mass is 10.2. The standard InChI is InChI=1S/C23H21NO5S/c1-16(28-22(26)14-13-20(25)21-8-5-15-30-21)23(27)24-17-9-11-19(12-10-17)29-18-6-3-2-4-7-18/h2-12,15-16H,13-14H2,1H3,(H,24,27)/t16-/m1/s1. The Balaban J connectivity index is 1.44. The molecule has 0 aliphatic heterocycles. The quantitative estimate of drug-likeness (QED) is 0.384. The second kappa shape index (κ2) is 10.4. The van der Waals surface area contributed by atoms with Gasteiger partial charge in [-0.15, -0.1) is 11.3 Å². The van der Waals surface area contributed by atoms with Gasteiger partial charge in [-0.3, -0.25) is 14.4 Å². The van der Waals surface area contributed by atoms with Crippen LogP contribution in [-0.4, -0.2) is 23.8 Å². The topological polar surface area (TPSA) is 81.7 Å². The number of ether oxygens (including phenoxy) is 2. The number of Topliss-reactive ketones (excluding diaryl/α,β-unsaturated/α-hetero) is 1. The van der Waals surface area contributed by atoms with Gasteiger partial charge in [0.2, 0.25) is 0 Å². The van der Waals surface area contributed by atoms with Crippen LogP contribution in [0, 0.1) is 0 Å². The van der Waals surface area contributed by atoms with E-state index in [1.165, 1.54) is 18.3 Å². The number of para-hydroxylation sites is 1. The van der Waals surface area contributed by atoms with Crippen molar-refractivity contribution in [2.75, 3.05) is 5.32 Å². The van der Waals surface area contributed by atoms with Gasteiger partial charge in [0.05, 0.1) is 11.3 Å². The molecule has 0 spiro atoms. The van der Waals surface area contributed by atoms with Crippen molar-refractivity contribution >= 4 is 34.7 Å². The molecule has 7 heteroatoms. The zero-order chi connectivity index (χ0) is 21.3. The number of carbonyl (C=O) groups excluding carboxylic acids is 3. The Hall–Kier alpha value is -3.45. The predicted molar refractivity (Wildman–Crippen MR) is 115 cm³/mol. The lowest BCUT2D eigenvalue weighted by molar-refractivity contribution is -0.153. The van der Waals surface area contributed by atoms with Gasteiger partial charge >= 0.3 is 5.97 Å². The van der Waals surface area contributed by atoms with Crippen molar-refractivity contribution in [1.82, 2.24) is 0 Å². The highest BCUT2D eigenvalue weighted by Crippen LogP contribution is 2.22. The molecule has 0 saturated heterocycles. The summed E-state index contributed by atoms with van der Waals surface area (Å²) in [5, 5.41) is 4.49. The maximum absolute atomic E-state index is 12.3. The molecule has 0 bridgehead atoms. The summed E-state index contributed by atoms with van der Waals surface area (Å²) in [5.74, 6) is 0.192. The van der Waals surface area contributed by atoms with Crippen LogP contribution in [0.25, 0.3) is 0 Å². The molecule has 0 unspecified atom stereocenters. The van der Waals surface area contributed by atoms with Crippen molar-refractivity contribution in [3.8, 4) is 11.5 Å². The SMILES string of the molecule is C[C@@H](OC(=O)CCC(=O)c1cccs1)C(=O)Nc1ccc(Oc2ccccc2)cc1. The third-order valence-electron chi connectivity index (χ3n) is 4.13. The molecule has 0 saturated carbocycles. The van der Waals surface area contributed by atoms with E-state index in [1.807, 2.05) is 30.3 Å². The molecule has 30 heavy (non-hydrogen) atoms. The van der Waals surface area contributed by atoms with E-state index in [0.717, 1.165) is 0 Å². The predicted octanol–water partition coefficient (Wildman–Crippen LogP) is 5.07. The summed E-state index contributed by atoms with van der Waals surface area (Å²) < 4.78 is 10.8. The molecule has 2 aromatic carbocycles. The molecule has 1 N–H and O–H groups in total. The molecule has 1 heterocycles. The zero-order valence-corrected chi connectivity index (χ0v) is 17.2. The molecule has 1 aromatic heterocycles. The van der Waals surface area contributed by atoms with E-state index in [4.69, 9.17) is 9.47 Å². The fraction of sp³-hybridized carbons (Fsp3) is 0.174. The number of carbonyl (C=O) groups is 3. The lowest BCUT2D eigenvalue weighted by Crippen LogP contribution is -2.30. The Bertz CT molecular complexity index is 984. The van der Waals surface area contributed by atoms with Crippen molar-refractivity contribution in [3.05, 3.63) is 77.0 Å². The van der Waals surface area contributed by atoms with Crippen LogP contribution in [0.1, 0.15) is 29.4 Å². The molecule has 1 amide bonds. The van der Waals surface area contributed by atoms with Crippen molar-refractivity contribution in [3.63, 3.8) is 0 Å². The Morgan fingerprint density at radius 1 is 0.900 bits per heavy atom. The number of anilines is 1. The molecule has 0 fully saturated rings. The molecular formula is C23H21NO5S. The van der Waals surface area contributed by atoms with Crippen LogP contribution in [0.5, 0.6) is 11.5 Å². The summed E-state index contributed by atoms with van der Waals surface area (Å²) in [6.45, 7) is 1.49. The summed E-state index contributed by atoms with van der Waals surface area (Å²) in [4.78, 5) is 36.7. The van der Waals surface area contributed by atoms with E-state index in [2.05, 4.69) is 5.32 Å². The molecule has 0 aliphatic rings. The van der Waals surface area contributed by atoms with Crippen molar-refractivity contribution < 1.29 is 23.9 Å². The van der Waals surface area contributed by atoms with Crippen LogP contribution in [0.15, 0.2) is 72.1 Å². The minimum absolute atomic E-state index is 0.0521. The van der Waals surface area contributed by atoms with Gasteiger partial charge in [-0.1, -0.05) is 24.3 Å².